The van der Waals surface area contributed by atoms with E-state index in [0.717, 1.165) is 29.4 Å². The van der Waals surface area contributed by atoms with Crippen LogP contribution in [0.15, 0.2) is 48.7 Å². The highest BCUT2D eigenvalue weighted by Crippen LogP contribution is 2.23. The summed E-state index contributed by atoms with van der Waals surface area (Å²) in [5, 5.41) is 4.02. The lowest BCUT2D eigenvalue weighted by Gasteiger charge is -2.10. The molecule has 0 radical (unpaired) electrons. The summed E-state index contributed by atoms with van der Waals surface area (Å²) in [7, 11) is 0. The molecule has 1 heterocycles. The third kappa shape index (κ3) is 2.65. The zero-order chi connectivity index (χ0) is 13.1. The zero-order valence-electron chi connectivity index (χ0n) is 10.7. The molecule has 1 aliphatic rings. The van der Waals surface area contributed by atoms with Gasteiger partial charge in [0.2, 0.25) is 5.91 Å². The Morgan fingerprint density at radius 1 is 1.32 bits per heavy atom. The number of hydrogen-bond donors (Lipinski definition) is 1. The number of hydrogen-bond acceptors (Lipinski definition) is 2. The van der Waals surface area contributed by atoms with Gasteiger partial charge in [-0.25, -0.2) is 0 Å². The van der Waals surface area contributed by atoms with E-state index >= 15 is 0 Å². The molecule has 1 amide bonds. The van der Waals surface area contributed by atoms with Crippen molar-refractivity contribution in [2.75, 3.05) is 5.32 Å². The van der Waals surface area contributed by atoms with E-state index in [-0.39, 0.29) is 5.91 Å². The monoisotopic (exact) mass is 252 g/mol. The lowest BCUT2D eigenvalue weighted by molar-refractivity contribution is -0.116. The molecule has 0 spiro atoms. The van der Waals surface area contributed by atoms with E-state index in [4.69, 9.17) is 0 Å². The number of rotatable bonds is 3. The molecular weight excluding hydrogens is 236 g/mol. The highest BCUT2D eigenvalue weighted by molar-refractivity contribution is 6.00. The zero-order valence-corrected chi connectivity index (χ0v) is 10.7. The summed E-state index contributed by atoms with van der Waals surface area (Å²) in [5.41, 5.74) is 1.64. The molecule has 0 saturated carbocycles. The van der Waals surface area contributed by atoms with Gasteiger partial charge in [0, 0.05) is 18.0 Å². The van der Waals surface area contributed by atoms with Crippen molar-refractivity contribution < 1.29 is 4.79 Å². The standard InChI is InChI=1S/C16H16N2O/c19-15(11-12-5-1-2-6-12)18-14-9-3-7-13-8-4-10-17-16(13)14/h1,3-5,7-10,12H,2,6,11H2,(H,18,19). The molecule has 2 aromatic rings. The molecule has 1 aliphatic carbocycles. The van der Waals surface area contributed by atoms with Crippen molar-refractivity contribution in [3.05, 3.63) is 48.7 Å². The molecular formula is C16H16N2O. The van der Waals surface area contributed by atoms with Crippen LogP contribution < -0.4 is 5.32 Å². The van der Waals surface area contributed by atoms with E-state index in [1.165, 1.54) is 0 Å². The molecule has 0 saturated heterocycles. The largest absolute Gasteiger partial charge is 0.324 e. The predicted octanol–water partition coefficient (Wildman–Crippen LogP) is 3.53. The minimum Gasteiger partial charge on any atom is -0.324 e. The molecule has 1 atom stereocenters. The Hall–Kier alpha value is -2.16. The molecule has 0 fully saturated rings. The molecule has 3 heteroatoms. The fourth-order valence-corrected chi connectivity index (χ4v) is 2.51. The van der Waals surface area contributed by atoms with Gasteiger partial charge < -0.3 is 5.32 Å². The Morgan fingerprint density at radius 3 is 3.05 bits per heavy atom. The van der Waals surface area contributed by atoms with Crippen molar-refractivity contribution >= 4 is 22.5 Å². The Bertz CT molecular complexity index is 628. The molecule has 1 aromatic carbocycles. The first-order chi connectivity index (χ1) is 9.33. The van der Waals surface area contributed by atoms with Crippen molar-refractivity contribution in [3.63, 3.8) is 0 Å². The summed E-state index contributed by atoms with van der Waals surface area (Å²) >= 11 is 0. The van der Waals surface area contributed by atoms with E-state index in [1.807, 2.05) is 30.3 Å². The van der Waals surface area contributed by atoms with Crippen LogP contribution >= 0.6 is 0 Å². The van der Waals surface area contributed by atoms with Gasteiger partial charge in [-0.1, -0.05) is 30.4 Å². The maximum absolute atomic E-state index is 12.0. The highest BCUT2D eigenvalue weighted by Gasteiger charge is 2.14. The minimum absolute atomic E-state index is 0.0645. The number of aromatic nitrogens is 1. The highest BCUT2D eigenvalue weighted by atomic mass is 16.1. The normalized spacial score (nSPS) is 17.8. The first kappa shape index (κ1) is 11.9. The predicted molar refractivity (Wildman–Crippen MR) is 76.9 cm³/mol. The van der Waals surface area contributed by atoms with Crippen LogP contribution in [0.25, 0.3) is 10.9 Å². The SMILES string of the molecule is O=C(CC1C=CCC1)Nc1cccc2cccnc12. The van der Waals surface area contributed by atoms with Crippen LogP contribution in [0.3, 0.4) is 0 Å². The average molecular weight is 252 g/mol. The lowest BCUT2D eigenvalue weighted by atomic mass is 10.0. The van der Waals surface area contributed by atoms with Crippen LogP contribution in [0.5, 0.6) is 0 Å². The maximum Gasteiger partial charge on any atom is 0.225 e. The van der Waals surface area contributed by atoms with Gasteiger partial charge >= 0.3 is 0 Å². The molecule has 96 valence electrons. The summed E-state index contributed by atoms with van der Waals surface area (Å²) < 4.78 is 0. The van der Waals surface area contributed by atoms with Crippen LogP contribution in [0.2, 0.25) is 0 Å². The second kappa shape index (κ2) is 5.22. The Kier molecular flexibility index (Phi) is 3.27. The van der Waals surface area contributed by atoms with Gasteiger partial charge in [-0.3, -0.25) is 9.78 Å². The number of carbonyl (C=O) groups is 1. The van der Waals surface area contributed by atoms with E-state index < -0.39 is 0 Å². The molecule has 0 aliphatic heterocycles. The lowest BCUT2D eigenvalue weighted by Crippen LogP contribution is -2.15. The topological polar surface area (TPSA) is 42.0 Å². The van der Waals surface area contributed by atoms with Gasteiger partial charge in [0.15, 0.2) is 0 Å². The van der Waals surface area contributed by atoms with Gasteiger partial charge in [-0.05, 0) is 30.9 Å². The average Bonchev–Trinajstić information content (AvgIpc) is 2.92. The van der Waals surface area contributed by atoms with E-state index in [9.17, 15) is 4.79 Å². The Morgan fingerprint density at radius 2 is 2.21 bits per heavy atom. The van der Waals surface area contributed by atoms with Crippen LogP contribution in [-0.2, 0) is 4.79 Å². The number of allylic oxidation sites excluding steroid dienone is 2. The number of nitrogens with one attached hydrogen (secondary N) is 1. The van der Waals surface area contributed by atoms with Gasteiger partial charge in [0.1, 0.15) is 0 Å². The number of pyridine rings is 1. The van der Waals surface area contributed by atoms with Gasteiger partial charge in [0.25, 0.3) is 0 Å². The number of para-hydroxylation sites is 1. The summed E-state index contributed by atoms with van der Waals surface area (Å²) in [6.07, 6.45) is 8.77. The van der Waals surface area contributed by atoms with Crippen LogP contribution in [0.1, 0.15) is 19.3 Å². The molecule has 1 N–H and O–H groups in total. The van der Waals surface area contributed by atoms with E-state index in [2.05, 4.69) is 22.5 Å². The van der Waals surface area contributed by atoms with E-state index in [0.29, 0.717) is 12.3 Å². The minimum atomic E-state index is 0.0645. The fourth-order valence-electron chi connectivity index (χ4n) is 2.51. The van der Waals surface area contributed by atoms with E-state index in [1.54, 1.807) is 6.20 Å². The molecule has 1 unspecified atom stereocenters. The Balaban J connectivity index is 1.77. The molecule has 3 nitrogen and oxygen atoms in total. The maximum atomic E-state index is 12.0. The third-order valence-electron chi connectivity index (χ3n) is 3.47. The van der Waals surface area contributed by atoms with Crippen LogP contribution in [0, 0.1) is 5.92 Å². The summed E-state index contributed by atoms with van der Waals surface area (Å²) in [6, 6.07) is 9.74. The number of carbonyl (C=O) groups excluding carboxylic acids is 1. The number of nitrogens with zero attached hydrogens (tertiary/aromatic N) is 1. The molecule has 1 aromatic heterocycles. The van der Waals surface area contributed by atoms with Crippen molar-refractivity contribution in [2.24, 2.45) is 5.92 Å². The summed E-state index contributed by atoms with van der Waals surface area (Å²) in [6.45, 7) is 0. The van der Waals surface area contributed by atoms with Gasteiger partial charge in [0.05, 0.1) is 11.2 Å². The van der Waals surface area contributed by atoms with Crippen LogP contribution in [0.4, 0.5) is 5.69 Å². The second-order valence-electron chi connectivity index (χ2n) is 4.90. The quantitative estimate of drug-likeness (QED) is 0.849. The number of anilines is 1. The van der Waals surface area contributed by atoms with Crippen molar-refractivity contribution in [2.45, 2.75) is 19.3 Å². The van der Waals surface area contributed by atoms with Crippen molar-refractivity contribution in [3.8, 4) is 0 Å². The number of fused-ring (bicyclic) bond motifs is 1. The Labute approximate surface area is 112 Å². The molecule has 0 bridgehead atoms. The summed E-state index contributed by atoms with van der Waals surface area (Å²) in [5.74, 6) is 0.456. The second-order valence-corrected chi connectivity index (χ2v) is 4.90. The molecule has 3 rings (SSSR count). The first-order valence-electron chi connectivity index (χ1n) is 6.63. The fraction of sp³-hybridized carbons (Fsp3) is 0.250. The summed E-state index contributed by atoms with van der Waals surface area (Å²) in [4.78, 5) is 16.4. The van der Waals surface area contributed by atoms with Crippen LogP contribution in [-0.4, -0.2) is 10.9 Å². The smallest absolute Gasteiger partial charge is 0.225 e. The first-order valence-corrected chi connectivity index (χ1v) is 6.63. The molecule has 19 heavy (non-hydrogen) atoms. The van der Waals surface area contributed by atoms with Crippen molar-refractivity contribution in [1.82, 2.24) is 4.98 Å². The van der Waals surface area contributed by atoms with Gasteiger partial charge in [-0.2, -0.15) is 0 Å². The van der Waals surface area contributed by atoms with Crippen molar-refractivity contribution in [1.29, 1.82) is 0 Å². The van der Waals surface area contributed by atoms with Gasteiger partial charge in [-0.15, -0.1) is 0 Å². The number of benzene rings is 1. The third-order valence-corrected chi connectivity index (χ3v) is 3.47. The number of amides is 1.